The Balaban J connectivity index is 0.000000141. The summed E-state index contributed by atoms with van der Waals surface area (Å²) in [6.45, 7) is 0. The molecular weight excluding hydrogens is 1160 g/mol. The van der Waals surface area contributed by atoms with E-state index in [2.05, 4.69) is 395 Å². The zero-order valence-electron chi connectivity index (χ0n) is 52.6. The van der Waals surface area contributed by atoms with Gasteiger partial charge in [0.05, 0.1) is 22.1 Å². The fraction of sp³-hybridized carbons (Fsp3) is 0. The van der Waals surface area contributed by atoms with Crippen LogP contribution in [0.3, 0.4) is 0 Å². The van der Waals surface area contributed by atoms with Crippen molar-refractivity contribution in [3.63, 3.8) is 0 Å². The molecule has 0 N–H and O–H groups in total. The van der Waals surface area contributed by atoms with Crippen LogP contribution in [0.15, 0.2) is 376 Å². The van der Waals surface area contributed by atoms with Crippen molar-refractivity contribution < 1.29 is 0 Å². The summed E-state index contributed by atoms with van der Waals surface area (Å²) in [5, 5.41) is 17.6. The molecule has 0 saturated carbocycles. The van der Waals surface area contributed by atoms with E-state index >= 15 is 0 Å². The van der Waals surface area contributed by atoms with Gasteiger partial charge >= 0.3 is 0 Å². The van der Waals surface area contributed by atoms with Gasteiger partial charge in [0.1, 0.15) is 0 Å². The maximum absolute atomic E-state index is 2.40. The molecule has 0 amide bonds. The molecule has 2 aromatic heterocycles. The van der Waals surface area contributed by atoms with Crippen LogP contribution in [0.2, 0.25) is 0 Å². The highest BCUT2D eigenvalue weighted by Crippen LogP contribution is 2.44. The average Bonchev–Trinajstić information content (AvgIpc) is 1.55. The summed E-state index contributed by atoms with van der Waals surface area (Å²) in [5.41, 5.74) is 18.8. The predicted molar refractivity (Wildman–Crippen MR) is 409 cm³/mol. The summed E-state index contributed by atoms with van der Waals surface area (Å²) in [7, 11) is 0. The molecule has 4 nitrogen and oxygen atoms in total. The summed E-state index contributed by atoms with van der Waals surface area (Å²) in [5.74, 6) is 0. The Morgan fingerprint density at radius 2 is 0.490 bits per heavy atom. The Labute approximate surface area is 556 Å². The molecule has 0 aliphatic rings. The Morgan fingerprint density at radius 1 is 0.156 bits per heavy atom. The lowest BCUT2D eigenvalue weighted by molar-refractivity contribution is 1.18. The Bertz CT molecular complexity index is 6100. The normalized spacial score (nSPS) is 11.5. The second-order valence-electron chi connectivity index (χ2n) is 24.9. The van der Waals surface area contributed by atoms with E-state index < -0.39 is 0 Å². The highest BCUT2D eigenvalue weighted by atomic mass is 15.1. The smallest absolute Gasteiger partial charge is 0.0547 e. The van der Waals surface area contributed by atoms with Crippen molar-refractivity contribution in [2.75, 3.05) is 9.80 Å². The SMILES string of the molecule is c1ccc(-c2ccc(N(c3ccccc3)c3ccc4c(ccc5cc6c7ccccc7n(-c7ccccc7)c6cc54)c3)cc2)cc1.c1ccc(N(c2ccc(-c3ccc4ccccc4c3)cc2)c2ccc3c(ccc4cc5c6ccccc6n(-c6ccccc6)c5cc43)c2)cc1. The minimum Gasteiger partial charge on any atom is -0.310 e. The molecule has 0 spiro atoms. The number of nitrogens with zero attached hydrogens (tertiary/aromatic N) is 4. The number of benzene rings is 17. The van der Waals surface area contributed by atoms with Crippen molar-refractivity contribution in [2.24, 2.45) is 0 Å². The fourth-order valence-corrected chi connectivity index (χ4v) is 14.7. The summed E-state index contributed by atoms with van der Waals surface area (Å²) in [4.78, 5) is 4.69. The summed E-state index contributed by atoms with van der Waals surface area (Å²) >= 11 is 0. The lowest BCUT2D eigenvalue weighted by atomic mass is 9.98. The molecular formula is C92H62N4. The maximum Gasteiger partial charge on any atom is 0.0547 e. The molecule has 0 fully saturated rings. The van der Waals surface area contributed by atoms with Gasteiger partial charge in [-0.2, -0.15) is 0 Å². The van der Waals surface area contributed by atoms with Crippen molar-refractivity contribution >= 4 is 132 Å². The van der Waals surface area contributed by atoms with Gasteiger partial charge < -0.3 is 18.9 Å². The molecule has 0 atom stereocenters. The van der Waals surface area contributed by atoms with Crippen LogP contribution in [0, 0.1) is 0 Å². The van der Waals surface area contributed by atoms with Crippen LogP contribution in [0.5, 0.6) is 0 Å². The minimum absolute atomic E-state index is 1.12. The quantitative estimate of drug-likeness (QED) is 0.127. The number of aromatic nitrogens is 2. The number of hydrogen-bond acceptors (Lipinski definition) is 2. The van der Waals surface area contributed by atoms with Gasteiger partial charge in [-0.1, -0.05) is 237 Å². The van der Waals surface area contributed by atoms with Crippen LogP contribution >= 0.6 is 0 Å². The van der Waals surface area contributed by atoms with Crippen molar-refractivity contribution in [1.82, 2.24) is 9.13 Å². The first-order valence-corrected chi connectivity index (χ1v) is 33.0. The second-order valence-corrected chi connectivity index (χ2v) is 24.9. The van der Waals surface area contributed by atoms with E-state index in [-0.39, 0.29) is 0 Å². The predicted octanol–water partition coefficient (Wildman–Crippen LogP) is 25.6. The summed E-state index contributed by atoms with van der Waals surface area (Å²) in [6.07, 6.45) is 0. The van der Waals surface area contributed by atoms with E-state index in [4.69, 9.17) is 0 Å². The van der Waals surface area contributed by atoms with Crippen LogP contribution in [0.1, 0.15) is 0 Å². The number of anilines is 6. The standard InChI is InChI=1S/C48H32N2.C44H30N2/c1-3-13-39(14-4-1)49(41-25-23-34(24-26-41)36-20-19-33-11-7-8-12-35(33)29-36)42-27-28-43-37(30-42)21-22-38-31-46-44-17-9-10-18-47(44)50(48(46)32-45(38)43)40-15-5-2-6-16-40;1-4-12-31(13-5-1)32-22-24-37(25-23-32)45(35-14-6-2-7-15-35)38-26-27-39-33(28-38)20-21-34-29-42-40-18-10-11-19-43(40)46(44(42)30-41(34)39)36-16-8-3-9-17-36/h1-32H;1-30H. The van der Waals surface area contributed by atoms with Crippen LogP contribution in [0.4, 0.5) is 34.1 Å². The molecule has 19 aromatic rings. The van der Waals surface area contributed by atoms with Crippen molar-refractivity contribution in [3.8, 4) is 33.6 Å². The molecule has 0 radical (unpaired) electrons. The van der Waals surface area contributed by atoms with Gasteiger partial charge in [-0.3, -0.25) is 0 Å². The fourth-order valence-electron chi connectivity index (χ4n) is 14.7. The molecule has 0 saturated heterocycles. The molecule has 450 valence electrons. The minimum atomic E-state index is 1.12. The van der Waals surface area contributed by atoms with E-state index in [0.717, 1.165) is 34.1 Å². The Morgan fingerprint density at radius 3 is 0.958 bits per heavy atom. The van der Waals surface area contributed by atoms with E-state index in [1.165, 1.54) is 131 Å². The highest BCUT2D eigenvalue weighted by molar-refractivity contribution is 6.20. The molecule has 17 aromatic carbocycles. The number of fused-ring (bicyclic) bond motifs is 13. The Kier molecular flexibility index (Phi) is 13.8. The van der Waals surface area contributed by atoms with Gasteiger partial charge in [0.15, 0.2) is 0 Å². The largest absolute Gasteiger partial charge is 0.310 e. The second kappa shape index (κ2) is 23.7. The third kappa shape index (κ3) is 9.95. The first kappa shape index (κ1) is 56.0. The summed E-state index contributed by atoms with van der Waals surface area (Å²) < 4.78 is 4.80. The first-order chi connectivity index (χ1) is 47.6. The van der Waals surface area contributed by atoms with Crippen molar-refractivity contribution in [1.29, 1.82) is 0 Å². The zero-order chi connectivity index (χ0) is 63.5. The van der Waals surface area contributed by atoms with E-state index in [9.17, 15) is 0 Å². The van der Waals surface area contributed by atoms with Gasteiger partial charge in [-0.25, -0.2) is 0 Å². The van der Waals surface area contributed by atoms with Crippen LogP contribution in [0.25, 0.3) is 131 Å². The Hall–Kier alpha value is -12.8. The topological polar surface area (TPSA) is 16.3 Å². The lowest BCUT2D eigenvalue weighted by Gasteiger charge is -2.26. The van der Waals surface area contributed by atoms with Crippen LogP contribution in [-0.2, 0) is 0 Å². The van der Waals surface area contributed by atoms with E-state index in [0.29, 0.717) is 0 Å². The lowest BCUT2D eigenvalue weighted by Crippen LogP contribution is -2.09. The molecule has 0 bridgehead atoms. The molecule has 0 unspecified atom stereocenters. The van der Waals surface area contributed by atoms with E-state index in [1.54, 1.807) is 0 Å². The third-order valence-corrected chi connectivity index (χ3v) is 19.2. The number of rotatable bonds is 10. The average molecular weight is 1220 g/mol. The van der Waals surface area contributed by atoms with Gasteiger partial charge in [0, 0.05) is 67.0 Å². The monoisotopic (exact) mass is 1220 g/mol. The van der Waals surface area contributed by atoms with Crippen LogP contribution in [-0.4, -0.2) is 9.13 Å². The number of hydrogen-bond donors (Lipinski definition) is 0. The number of para-hydroxylation sites is 6. The van der Waals surface area contributed by atoms with E-state index in [1.807, 2.05) is 0 Å². The van der Waals surface area contributed by atoms with Crippen LogP contribution < -0.4 is 9.80 Å². The van der Waals surface area contributed by atoms with Crippen molar-refractivity contribution in [3.05, 3.63) is 376 Å². The van der Waals surface area contributed by atoms with Gasteiger partial charge in [-0.15, -0.1) is 0 Å². The molecule has 0 aliphatic carbocycles. The van der Waals surface area contributed by atoms with Gasteiger partial charge in [0.25, 0.3) is 0 Å². The third-order valence-electron chi connectivity index (χ3n) is 19.2. The molecule has 4 heteroatoms. The van der Waals surface area contributed by atoms with Gasteiger partial charge in [-0.05, 0) is 216 Å². The maximum atomic E-state index is 2.40. The highest BCUT2D eigenvalue weighted by Gasteiger charge is 2.20. The van der Waals surface area contributed by atoms with Crippen molar-refractivity contribution in [2.45, 2.75) is 0 Å². The molecule has 19 rings (SSSR count). The molecule has 0 aliphatic heterocycles. The van der Waals surface area contributed by atoms with Gasteiger partial charge in [0.2, 0.25) is 0 Å². The molecule has 96 heavy (non-hydrogen) atoms. The summed E-state index contributed by atoms with van der Waals surface area (Å²) in [6, 6.07) is 136. The zero-order valence-corrected chi connectivity index (χ0v) is 52.6. The molecule has 2 heterocycles. The first-order valence-electron chi connectivity index (χ1n) is 33.0.